The van der Waals surface area contributed by atoms with Crippen LogP contribution in [0.1, 0.15) is 6.42 Å². The van der Waals surface area contributed by atoms with Crippen molar-refractivity contribution in [2.45, 2.75) is 16.9 Å². The predicted octanol–water partition coefficient (Wildman–Crippen LogP) is 1.84. The quantitative estimate of drug-likeness (QED) is 0.460. The second-order valence-electron chi connectivity index (χ2n) is 4.28. The largest absolute Gasteiger partial charge is 0.593 e. The van der Waals surface area contributed by atoms with Crippen LogP contribution in [-0.2, 0) is 11.4 Å². The fraction of sp³-hybridized carbons (Fsp3) is 0.500. The first kappa shape index (κ1) is 14.5. The van der Waals surface area contributed by atoms with Crippen LogP contribution in [0.5, 0.6) is 0 Å². The van der Waals surface area contributed by atoms with E-state index in [9.17, 15) is 14.4 Å². The van der Waals surface area contributed by atoms with E-state index in [1.807, 2.05) is 0 Å². The van der Waals surface area contributed by atoms with Crippen molar-refractivity contribution in [2.24, 2.45) is 10.4 Å². The summed E-state index contributed by atoms with van der Waals surface area (Å²) in [5, 5.41) is 5.76. The molecule has 0 saturated carbocycles. The van der Waals surface area contributed by atoms with E-state index in [1.54, 1.807) is 16.4 Å². The summed E-state index contributed by atoms with van der Waals surface area (Å²) in [5.41, 5.74) is -1.04. The minimum atomic E-state index is -1.41. The maximum Gasteiger partial charge on any atom is 0.192 e. The number of nitrogens with zero attached hydrogens (tertiary/aromatic N) is 4. The van der Waals surface area contributed by atoms with Gasteiger partial charge in [-0.2, -0.15) is 9.81 Å². The molecule has 0 aromatic carbocycles. The van der Waals surface area contributed by atoms with Gasteiger partial charge in [0.25, 0.3) is 0 Å². The molecule has 1 aromatic rings. The smallest absolute Gasteiger partial charge is 0.192 e. The standard InChI is InChI=1S/C10H11BrN4O3S/c11-9-2-1-8(5-12-9)19(18)15-4-3-10(7-15,14-17)6-13-16/h1-2,5H,3-4,6-7H2. The summed E-state index contributed by atoms with van der Waals surface area (Å²) in [7, 11) is 0. The molecule has 0 aliphatic carbocycles. The Balaban J connectivity index is 2.09. The molecule has 1 saturated heterocycles. The molecule has 0 amide bonds. The van der Waals surface area contributed by atoms with Crippen molar-refractivity contribution in [1.29, 1.82) is 0 Å². The Morgan fingerprint density at radius 3 is 2.89 bits per heavy atom. The first-order valence-corrected chi connectivity index (χ1v) is 7.42. The van der Waals surface area contributed by atoms with Gasteiger partial charge >= 0.3 is 0 Å². The predicted molar refractivity (Wildman–Crippen MR) is 73.7 cm³/mol. The monoisotopic (exact) mass is 346 g/mol. The van der Waals surface area contributed by atoms with Gasteiger partial charge in [-0.3, -0.25) is 0 Å². The molecule has 2 rings (SSSR count). The van der Waals surface area contributed by atoms with Crippen molar-refractivity contribution in [1.82, 2.24) is 9.29 Å². The molecule has 9 heteroatoms. The van der Waals surface area contributed by atoms with Gasteiger partial charge in [0.15, 0.2) is 4.90 Å². The summed E-state index contributed by atoms with van der Waals surface area (Å²) in [5.74, 6) is 0. The van der Waals surface area contributed by atoms with E-state index in [0.717, 1.165) is 0 Å². The van der Waals surface area contributed by atoms with Crippen LogP contribution >= 0.6 is 15.9 Å². The maximum atomic E-state index is 12.3. The van der Waals surface area contributed by atoms with E-state index >= 15 is 0 Å². The molecule has 2 atom stereocenters. The zero-order valence-corrected chi connectivity index (χ0v) is 12.3. The molecule has 0 N–H and O–H groups in total. The maximum absolute atomic E-state index is 12.3. The topological polar surface area (TPSA) is 98.0 Å². The minimum Gasteiger partial charge on any atom is -0.593 e. The lowest BCUT2D eigenvalue weighted by Gasteiger charge is -2.20. The van der Waals surface area contributed by atoms with E-state index in [1.165, 1.54) is 6.20 Å². The lowest BCUT2D eigenvalue weighted by atomic mass is 10.0. The van der Waals surface area contributed by atoms with Gasteiger partial charge in [-0.05, 0) is 34.5 Å². The Kier molecular flexibility index (Phi) is 4.61. The summed E-state index contributed by atoms with van der Waals surface area (Å²) in [4.78, 5) is 25.8. The molecule has 0 spiro atoms. The van der Waals surface area contributed by atoms with E-state index in [-0.39, 0.29) is 13.1 Å². The molecule has 2 unspecified atom stereocenters. The van der Waals surface area contributed by atoms with Crippen LogP contribution < -0.4 is 0 Å². The zero-order chi connectivity index (χ0) is 13.9. The first-order chi connectivity index (χ1) is 9.10. The third-order valence-electron chi connectivity index (χ3n) is 2.99. The summed E-state index contributed by atoms with van der Waals surface area (Å²) in [6.45, 7) is 0.428. The van der Waals surface area contributed by atoms with Crippen LogP contribution in [0, 0.1) is 9.81 Å². The molecule has 102 valence electrons. The first-order valence-electron chi connectivity index (χ1n) is 5.52. The van der Waals surface area contributed by atoms with E-state index in [4.69, 9.17) is 0 Å². The second-order valence-corrected chi connectivity index (χ2v) is 6.58. The van der Waals surface area contributed by atoms with Crippen LogP contribution in [-0.4, -0.2) is 39.0 Å². The number of nitroso groups, excluding NO2 is 2. The normalized spacial score (nSPS) is 25.2. The number of rotatable bonds is 5. The highest BCUT2D eigenvalue weighted by Crippen LogP contribution is 2.30. The Hall–Kier alpha value is -0.900. The Bertz CT molecular complexity index is 474. The number of pyridine rings is 1. The molecular weight excluding hydrogens is 336 g/mol. The summed E-state index contributed by atoms with van der Waals surface area (Å²) in [6, 6.07) is 3.39. The van der Waals surface area contributed by atoms with Crippen LogP contribution in [0.2, 0.25) is 0 Å². The van der Waals surface area contributed by atoms with E-state index < -0.39 is 16.9 Å². The molecule has 1 aliphatic heterocycles. The summed E-state index contributed by atoms with van der Waals surface area (Å²) in [6.07, 6.45) is 1.89. The van der Waals surface area contributed by atoms with Crippen LogP contribution in [0.25, 0.3) is 0 Å². The third kappa shape index (κ3) is 3.16. The van der Waals surface area contributed by atoms with Gasteiger partial charge in [0, 0.05) is 6.54 Å². The number of halogens is 1. The van der Waals surface area contributed by atoms with Gasteiger partial charge in [0.1, 0.15) is 16.7 Å². The van der Waals surface area contributed by atoms with Crippen molar-refractivity contribution in [3.63, 3.8) is 0 Å². The molecular formula is C10H11BrN4O3S. The molecule has 1 fully saturated rings. The lowest BCUT2D eigenvalue weighted by molar-refractivity contribution is 0.422. The number of hydrogen-bond donors (Lipinski definition) is 0. The van der Waals surface area contributed by atoms with Crippen molar-refractivity contribution >= 4 is 27.3 Å². The summed E-state index contributed by atoms with van der Waals surface area (Å²) < 4.78 is 14.6. The second kappa shape index (κ2) is 6.04. The molecule has 0 radical (unpaired) electrons. The molecule has 19 heavy (non-hydrogen) atoms. The van der Waals surface area contributed by atoms with Gasteiger partial charge in [-0.15, -0.1) is 4.31 Å². The highest BCUT2D eigenvalue weighted by Gasteiger charge is 2.45. The molecule has 2 heterocycles. The lowest BCUT2D eigenvalue weighted by Crippen LogP contribution is -2.36. The average molecular weight is 347 g/mol. The van der Waals surface area contributed by atoms with Gasteiger partial charge in [0.05, 0.1) is 24.1 Å². The molecule has 1 aromatic heterocycles. The van der Waals surface area contributed by atoms with Crippen LogP contribution in [0.15, 0.2) is 38.2 Å². The third-order valence-corrected chi connectivity index (χ3v) is 4.88. The van der Waals surface area contributed by atoms with Crippen LogP contribution in [0.4, 0.5) is 0 Å². The van der Waals surface area contributed by atoms with Crippen molar-refractivity contribution in [2.75, 3.05) is 19.6 Å². The molecule has 7 nitrogen and oxygen atoms in total. The van der Waals surface area contributed by atoms with Crippen LogP contribution in [0.3, 0.4) is 0 Å². The van der Waals surface area contributed by atoms with Gasteiger partial charge in [0.2, 0.25) is 0 Å². The average Bonchev–Trinajstić information content (AvgIpc) is 2.84. The molecule has 0 bridgehead atoms. The zero-order valence-electron chi connectivity index (χ0n) is 9.86. The van der Waals surface area contributed by atoms with Crippen molar-refractivity contribution in [3.8, 4) is 0 Å². The van der Waals surface area contributed by atoms with E-state index in [0.29, 0.717) is 22.5 Å². The summed E-state index contributed by atoms with van der Waals surface area (Å²) >= 11 is 1.79. The van der Waals surface area contributed by atoms with Gasteiger partial charge in [-0.1, -0.05) is 10.4 Å². The molecule has 1 aliphatic rings. The highest BCUT2D eigenvalue weighted by molar-refractivity contribution is 9.10. The number of hydrogen-bond acceptors (Lipinski definition) is 7. The SMILES string of the molecule is O=NCC1(N=O)CCN([S+]([O-])c2ccc(Br)nc2)C1. The highest BCUT2D eigenvalue weighted by atomic mass is 79.9. The van der Waals surface area contributed by atoms with E-state index in [2.05, 4.69) is 31.3 Å². The fourth-order valence-electron chi connectivity index (χ4n) is 1.93. The Morgan fingerprint density at radius 2 is 2.32 bits per heavy atom. The Labute approximate surface area is 121 Å². The fourth-order valence-corrected chi connectivity index (χ4v) is 3.40. The minimum absolute atomic E-state index is 0.172. The van der Waals surface area contributed by atoms with Crippen molar-refractivity contribution < 1.29 is 4.55 Å². The number of aromatic nitrogens is 1. The van der Waals surface area contributed by atoms with Gasteiger partial charge in [-0.25, -0.2) is 4.98 Å². The Morgan fingerprint density at radius 1 is 1.53 bits per heavy atom. The van der Waals surface area contributed by atoms with Gasteiger partial charge < -0.3 is 4.55 Å². The van der Waals surface area contributed by atoms with Crippen molar-refractivity contribution in [3.05, 3.63) is 32.7 Å².